The number of nitrogens with zero attached hydrogens (tertiary/aromatic N) is 2. The van der Waals surface area contributed by atoms with Gasteiger partial charge in [0.25, 0.3) is 0 Å². The molecule has 0 saturated carbocycles. The van der Waals surface area contributed by atoms with Crippen LogP contribution in [0.4, 0.5) is 13.2 Å². The Hall–Kier alpha value is -0.310. The number of ether oxygens (including phenoxy) is 1. The van der Waals surface area contributed by atoms with Crippen LogP contribution in [0, 0.1) is 3.57 Å². The van der Waals surface area contributed by atoms with Gasteiger partial charge in [0, 0.05) is 6.20 Å². The van der Waals surface area contributed by atoms with E-state index in [9.17, 15) is 13.2 Å². The molecular formula is C10H14F3IN2O. The Kier molecular flexibility index (Phi) is 5.23. The molecule has 0 aromatic carbocycles. The summed E-state index contributed by atoms with van der Waals surface area (Å²) in [5.41, 5.74) is 0.551. The minimum atomic E-state index is -4.25. The zero-order chi connectivity index (χ0) is 13.1. The monoisotopic (exact) mass is 362 g/mol. The van der Waals surface area contributed by atoms with Gasteiger partial charge in [-0.3, -0.25) is 4.68 Å². The van der Waals surface area contributed by atoms with Gasteiger partial charge in [-0.25, -0.2) is 0 Å². The smallest absolute Gasteiger partial charge is 0.372 e. The minimum absolute atomic E-state index is 0.0820. The summed E-state index contributed by atoms with van der Waals surface area (Å²) >= 11 is 1.96. The standard InChI is InChI=1S/C10H14F3IN2O/c1-3-7(2)17-5-9-8(14)4-16(15-9)6-10(11,12)13/h4,7H,3,5-6H2,1-2H3/t7-/m0/s1. The predicted molar refractivity (Wildman–Crippen MR) is 65.5 cm³/mol. The minimum Gasteiger partial charge on any atom is -0.372 e. The zero-order valence-corrected chi connectivity index (χ0v) is 11.7. The molecule has 1 atom stereocenters. The molecule has 0 aliphatic heterocycles. The lowest BCUT2D eigenvalue weighted by Crippen LogP contribution is -2.18. The number of hydrogen-bond acceptors (Lipinski definition) is 2. The first kappa shape index (κ1) is 14.7. The fraction of sp³-hybridized carbons (Fsp3) is 0.700. The van der Waals surface area contributed by atoms with Gasteiger partial charge in [-0.2, -0.15) is 18.3 Å². The van der Waals surface area contributed by atoms with Gasteiger partial charge in [0.1, 0.15) is 12.2 Å². The van der Waals surface area contributed by atoms with E-state index < -0.39 is 12.7 Å². The molecule has 1 heterocycles. The Morgan fingerprint density at radius 2 is 2.18 bits per heavy atom. The number of aromatic nitrogens is 2. The summed E-state index contributed by atoms with van der Waals surface area (Å²) in [6.07, 6.45) is -1.92. The highest BCUT2D eigenvalue weighted by atomic mass is 127. The summed E-state index contributed by atoms with van der Waals surface area (Å²) in [7, 11) is 0. The van der Waals surface area contributed by atoms with Gasteiger partial charge in [-0.1, -0.05) is 6.92 Å². The molecule has 0 unspecified atom stereocenters. The van der Waals surface area contributed by atoms with E-state index in [1.165, 1.54) is 6.20 Å². The van der Waals surface area contributed by atoms with Gasteiger partial charge < -0.3 is 4.74 Å². The third-order valence-corrected chi connectivity index (χ3v) is 3.11. The van der Waals surface area contributed by atoms with Gasteiger partial charge in [0.15, 0.2) is 0 Å². The largest absolute Gasteiger partial charge is 0.408 e. The van der Waals surface area contributed by atoms with Gasteiger partial charge in [0.2, 0.25) is 0 Å². The second-order valence-electron chi connectivity index (χ2n) is 3.77. The second-order valence-corrected chi connectivity index (χ2v) is 4.93. The van der Waals surface area contributed by atoms with Crippen LogP contribution in [0.25, 0.3) is 0 Å². The van der Waals surface area contributed by atoms with Crippen LogP contribution in [0.2, 0.25) is 0 Å². The number of hydrogen-bond donors (Lipinski definition) is 0. The van der Waals surface area contributed by atoms with Crippen molar-refractivity contribution in [1.29, 1.82) is 0 Å². The first-order valence-corrected chi connectivity index (χ1v) is 6.30. The number of rotatable bonds is 5. The molecule has 1 aromatic heterocycles. The molecule has 0 aliphatic rings. The summed E-state index contributed by atoms with van der Waals surface area (Å²) in [6.45, 7) is 3.09. The molecule has 7 heteroatoms. The molecule has 0 amide bonds. The molecule has 0 bridgehead atoms. The number of halogens is 4. The summed E-state index contributed by atoms with van der Waals surface area (Å²) in [4.78, 5) is 0. The molecule has 3 nitrogen and oxygen atoms in total. The molecule has 0 aliphatic carbocycles. The zero-order valence-electron chi connectivity index (χ0n) is 9.59. The topological polar surface area (TPSA) is 27.1 Å². The van der Waals surface area contributed by atoms with Crippen molar-refractivity contribution >= 4 is 22.6 Å². The highest BCUT2D eigenvalue weighted by molar-refractivity contribution is 14.1. The van der Waals surface area contributed by atoms with Crippen LogP contribution in [-0.2, 0) is 17.9 Å². The second kappa shape index (κ2) is 6.03. The van der Waals surface area contributed by atoms with E-state index >= 15 is 0 Å². The first-order valence-electron chi connectivity index (χ1n) is 5.22. The summed E-state index contributed by atoms with van der Waals surface area (Å²) < 4.78 is 43.5. The van der Waals surface area contributed by atoms with Crippen molar-refractivity contribution in [3.8, 4) is 0 Å². The van der Waals surface area contributed by atoms with E-state index in [1.807, 2.05) is 36.4 Å². The normalized spacial score (nSPS) is 14.0. The Balaban J connectivity index is 2.62. The molecule has 0 saturated heterocycles. The Morgan fingerprint density at radius 1 is 1.53 bits per heavy atom. The highest BCUT2D eigenvalue weighted by Crippen LogP contribution is 2.19. The fourth-order valence-corrected chi connectivity index (χ4v) is 1.72. The fourth-order valence-electron chi connectivity index (χ4n) is 1.14. The highest BCUT2D eigenvalue weighted by Gasteiger charge is 2.28. The third kappa shape index (κ3) is 5.24. The van der Waals surface area contributed by atoms with Crippen LogP contribution in [0.5, 0.6) is 0 Å². The van der Waals surface area contributed by atoms with Gasteiger partial charge in [-0.15, -0.1) is 0 Å². The van der Waals surface area contributed by atoms with Crippen LogP contribution in [0.3, 0.4) is 0 Å². The Morgan fingerprint density at radius 3 is 2.71 bits per heavy atom. The van der Waals surface area contributed by atoms with Gasteiger partial charge in [0.05, 0.1) is 16.3 Å². The van der Waals surface area contributed by atoms with E-state index in [2.05, 4.69) is 5.10 Å². The predicted octanol–water partition coefficient (Wildman–Crippen LogP) is 3.37. The van der Waals surface area contributed by atoms with Crippen LogP contribution in [0.15, 0.2) is 6.20 Å². The molecule has 0 spiro atoms. The lowest BCUT2D eigenvalue weighted by molar-refractivity contribution is -0.142. The van der Waals surface area contributed by atoms with Crippen molar-refractivity contribution in [1.82, 2.24) is 9.78 Å². The molecule has 1 aromatic rings. The summed E-state index contributed by atoms with van der Waals surface area (Å²) in [5, 5.41) is 3.87. The van der Waals surface area contributed by atoms with Crippen molar-refractivity contribution in [2.45, 2.75) is 45.7 Å². The quantitative estimate of drug-likeness (QED) is 0.752. The Bertz CT molecular complexity index is 365. The lowest BCUT2D eigenvalue weighted by Gasteiger charge is -2.09. The van der Waals surface area contributed by atoms with Gasteiger partial charge >= 0.3 is 6.18 Å². The van der Waals surface area contributed by atoms with E-state index in [-0.39, 0.29) is 12.7 Å². The third-order valence-electron chi connectivity index (χ3n) is 2.21. The van der Waals surface area contributed by atoms with E-state index in [1.54, 1.807) is 0 Å². The SMILES string of the molecule is CC[C@H](C)OCc1nn(CC(F)(F)F)cc1I. The molecule has 0 N–H and O–H groups in total. The first-order chi connectivity index (χ1) is 7.81. The molecular weight excluding hydrogens is 348 g/mol. The molecule has 0 radical (unpaired) electrons. The molecule has 17 heavy (non-hydrogen) atoms. The molecule has 98 valence electrons. The van der Waals surface area contributed by atoms with E-state index in [4.69, 9.17) is 4.74 Å². The summed E-state index contributed by atoms with van der Waals surface area (Å²) in [6, 6.07) is 0. The molecule has 0 fully saturated rings. The average molecular weight is 362 g/mol. The Labute approximate surface area is 111 Å². The van der Waals surface area contributed by atoms with Crippen LogP contribution >= 0.6 is 22.6 Å². The average Bonchev–Trinajstić information content (AvgIpc) is 2.52. The maximum absolute atomic E-state index is 12.2. The van der Waals surface area contributed by atoms with Crippen molar-refractivity contribution in [2.75, 3.05) is 0 Å². The van der Waals surface area contributed by atoms with Gasteiger partial charge in [-0.05, 0) is 35.9 Å². The van der Waals surface area contributed by atoms with Crippen LogP contribution < -0.4 is 0 Å². The van der Waals surface area contributed by atoms with Crippen LogP contribution in [-0.4, -0.2) is 22.1 Å². The van der Waals surface area contributed by atoms with E-state index in [0.29, 0.717) is 9.26 Å². The van der Waals surface area contributed by atoms with Crippen molar-refractivity contribution in [3.63, 3.8) is 0 Å². The lowest BCUT2D eigenvalue weighted by atomic mass is 10.3. The number of alkyl halides is 3. The van der Waals surface area contributed by atoms with Crippen molar-refractivity contribution in [3.05, 3.63) is 15.5 Å². The van der Waals surface area contributed by atoms with Crippen molar-refractivity contribution < 1.29 is 17.9 Å². The van der Waals surface area contributed by atoms with Crippen LogP contribution in [0.1, 0.15) is 26.0 Å². The molecule has 1 rings (SSSR count). The van der Waals surface area contributed by atoms with E-state index in [0.717, 1.165) is 11.1 Å². The maximum Gasteiger partial charge on any atom is 0.408 e. The summed E-state index contributed by atoms with van der Waals surface area (Å²) in [5.74, 6) is 0. The van der Waals surface area contributed by atoms with Crippen molar-refractivity contribution in [2.24, 2.45) is 0 Å². The maximum atomic E-state index is 12.2.